The number of carbonyl (C=O) groups excluding carboxylic acids is 2. The summed E-state index contributed by atoms with van der Waals surface area (Å²) in [6, 6.07) is 9.61. The first-order valence-electron chi connectivity index (χ1n) is 6.91. The van der Waals surface area contributed by atoms with Gasteiger partial charge in [-0.3, -0.25) is 14.9 Å². The normalized spacial score (nSPS) is 10.5. The average molecular weight is 361 g/mol. The molecule has 3 N–H and O–H groups in total. The summed E-state index contributed by atoms with van der Waals surface area (Å²) >= 11 is 2.54. The number of nitrogens with one attached hydrogen (secondary N) is 1. The number of thiophene rings is 1. The Labute approximate surface area is 145 Å². The molecule has 0 saturated carbocycles. The Kier molecular flexibility index (Phi) is 4.68. The third kappa shape index (κ3) is 3.84. The highest BCUT2D eigenvalue weighted by Crippen LogP contribution is 2.29. The predicted octanol–water partition coefficient (Wildman–Crippen LogP) is 3.29. The molecule has 2 heterocycles. The van der Waals surface area contributed by atoms with Crippen molar-refractivity contribution >= 4 is 39.6 Å². The number of amides is 2. The molecule has 3 rings (SSSR count). The molecule has 8 heteroatoms. The molecule has 0 bridgehead atoms. The van der Waals surface area contributed by atoms with Gasteiger partial charge in [0.2, 0.25) is 5.91 Å². The summed E-state index contributed by atoms with van der Waals surface area (Å²) in [7, 11) is 0. The predicted molar refractivity (Wildman–Crippen MR) is 92.7 cm³/mol. The fraction of sp³-hybridized carbons (Fsp3) is 0.0625. The van der Waals surface area contributed by atoms with Gasteiger partial charge in [-0.1, -0.05) is 12.1 Å². The van der Waals surface area contributed by atoms with E-state index in [9.17, 15) is 14.0 Å². The second kappa shape index (κ2) is 6.90. The van der Waals surface area contributed by atoms with Crippen molar-refractivity contribution in [1.82, 2.24) is 4.98 Å². The SMILES string of the molecule is NC(=O)Cc1csc(NC(=O)c2ccc(-c3ccc(F)cc3)s2)n1. The van der Waals surface area contributed by atoms with E-state index in [0.717, 1.165) is 10.4 Å². The van der Waals surface area contributed by atoms with Crippen LogP contribution in [-0.4, -0.2) is 16.8 Å². The van der Waals surface area contributed by atoms with Crippen molar-refractivity contribution in [2.45, 2.75) is 6.42 Å². The van der Waals surface area contributed by atoms with Crippen molar-refractivity contribution in [1.29, 1.82) is 0 Å². The first kappa shape index (κ1) is 16.3. The number of rotatable bonds is 5. The Morgan fingerprint density at radius 2 is 1.92 bits per heavy atom. The zero-order valence-corrected chi connectivity index (χ0v) is 13.9. The number of nitrogens with zero attached hydrogens (tertiary/aromatic N) is 1. The summed E-state index contributed by atoms with van der Waals surface area (Å²) in [5.74, 6) is -1.06. The number of benzene rings is 1. The van der Waals surface area contributed by atoms with Crippen LogP contribution in [0.4, 0.5) is 9.52 Å². The van der Waals surface area contributed by atoms with Crippen LogP contribution in [0.15, 0.2) is 41.8 Å². The molecule has 0 saturated heterocycles. The second-order valence-corrected chi connectivity index (χ2v) is 6.85. The number of nitrogens with two attached hydrogens (primary N) is 1. The largest absolute Gasteiger partial charge is 0.369 e. The van der Waals surface area contributed by atoms with Crippen LogP contribution < -0.4 is 11.1 Å². The molecule has 2 amide bonds. The highest BCUT2D eigenvalue weighted by molar-refractivity contribution is 7.17. The van der Waals surface area contributed by atoms with Gasteiger partial charge in [0.25, 0.3) is 5.91 Å². The van der Waals surface area contributed by atoms with Gasteiger partial charge in [0, 0.05) is 10.3 Å². The van der Waals surface area contributed by atoms with Crippen molar-refractivity contribution in [2.24, 2.45) is 5.73 Å². The van der Waals surface area contributed by atoms with Crippen molar-refractivity contribution in [3.05, 3.63) is 58.2 Å². The molecule has 3 aromatic rings. The molecule has 5 nitrogen and oxygen atoms in total. The van der Waals surface area contributed by atoms with Gasteiger partial charge in [-0.25, -0.2) is 9.37 Å². The van der Waals surface area contributed by atoms with Crippen LogP contribution in [0.2, 0.25) is 0 Å². The minimum absolute atomic E-state index is 0.0418. The number of hydrogen-bond donors (Lipinski definition) is 2. The molecule has 0 unspecified atom stereocenters. The molecule has 122 valence electrons. The lowest BCUT2D eigenvalue weighted by Crippen LogP contribution is -2.14. The van der Waals surface area contributed by atoms with E-state index in [1.54, 1.807) is 23.6 Å². The summed E-state index contributed by atoms with van der Waals surface area (Å²) < 4.78 is 13.0. The minimum atomic E-state index is -0.472. The summed E-state index contributed by atoms with van der Waals surface area (Å²) in [4.78, 5) is 28.6. The van der Waals surface area contributed by atoms with Gasteiger partial charge in [0.1, 0.15) is 5.82 Å². The van der Waals surface area contributed by atoms with Crippen molar-refractivity contribution < 1.29 is 14.0 Å². The number of halogens is 1. The van der Waals surface area contributed by atoms with Crippen LogP contribution in [0.5, 0.6) is 0 Å². The Bertz CT molecular complexity index is 887. The lowest BCUT2D eigenvalue weighted by Gasteiger charge is -1.99. The second-order valence-electron chi connectivity index (χ2n) is 4.91. The molecule has 0 fully saturated rings. The molecule has 0 radical (unpaired) electrons. The smallest absolute Gasteiger partial charge is 0.267 e. The first-order chi connectivity index (χ1) is 11.5. The van der Waals surface area contributed by atoms with Gasteiger partial charge in [-0.2, -0.15) is 0 Å². The van der Waals surface area contributed by atoms with Gasteiger partial charge in [0.15, 0.2) is 5.13 Å². The molecule has 0 aliphatic heterocycles. The maximum atomic E-state index is 13.0. The fourth-order valence-electron chi connectivity index (χ4n) is 2.01. The van der Waals surface area contributed by atoms with E-state index in [1.165, 1.54) is 34.8 Å². The maximum absolute atomic E-state index is 13.0. The first-order valence-corrected chi connectivity index (χ1v) is 8.61. The quantitative estimate of drug-likeness (QED) is 0.731. The van der Waals surface area contributed by atoms with Crippen LogP contribution in [0, 0.1) is 5.82 Å². The van der Waals surface area contributed by atoms with Crippen LogP contribution in [0.1, 0.15) is 15.4 Å². The van der Waals surface area contributed by atoms with Crippen molar-refractivity contribution in [3.63, 3.8) is 0 Å². The van der Waals surface area contributed by atoms with Crippen LogP contribution in [-0.2, 0) is 11.2 Å². The molecule has 0 aliphatic carbocycles. The number of primary amides is 1. The Morgan fingerprint density at radius 3 is 2.62 bits per heavy atom. The van der Waals surface area contributed by atoms with Crippen LogP contribution >= 0.6 is 22.7 Å². The van der Waals surface area contributed by atoms with E-state index in [2.05, 4.69) is 10.3 Å². The highest BCUT2D eigenvalue weighted by Gasteiger charge is 2.13. The molecule has 2 aromatic heterocycles. The minimum Gasteiger partial charge on any atom is -0.369 e. The Morgan fingerprint density at radius 1 is 1.17 bits per heavy atom. The summed E-state index contributed by atoms with van der Waals surface area (Å²) in [6.07, 6.45) is 0.0418. The van der Waals surface area contributed by atoms with Crippen LogP contribution in [0.3, 0.4) is 0 Å². The summed E-state index contributed by atoms with van der Waals surface area (Å²) in [6.45, 7) is 0. The molecular weight excluding hydrogens is 349 g/mol. The lowest BCUT2D eigenvalue weighted by atomic mass is 10.2. The topological polar surface area (TPSA) is 85.1 Å². The highest BCUT2D eigenvalue weighted by atomic mass is 32.1. The van der Waals surface area contributed by atoms with E-state index < -0.39 is 5.91 Å². The van der Waals surface area contributed by atoms with E-state index in [0.29, 0.717) is 15.7 Å². The maximum Gasteiger partial charge on any atom is 0.267 e. The molecular formula is C16H12FN3O2S2. The van der Waals surface area contributed by atoms with Gasteiger partial charge in [-0.15, -0.1) is 22.7 Å². The van der Waals surface area contributed by atoms with E-state index in [1.807, 2.05) is 6.07 Å². The molecule has 1 aromatic carbocycles. The molecule has 0 spiro atoms. The Balaban J connectivity index is 1.70. The van der Waals surface area contributed by atoms with Gasteiger partial charge in [-0.05, 0) is 29.8 Å². The number of thiazole rings is 1. The zero-order valence-electron chi connectivity index (χ0n) is 12.3. The van der Waals surface area contributed by atoms with Gasteiger partial charge < -0.3 is 5.73 Å². The lowest BCUT2D eigenvalue weighted by molar-refractivity contribution is -0.117. The average Bonchev–Trinajstić information content (AvgIpc) is 3.17. The van der Waals surface area contributed by atoms with E-state index in [4.69, 9.17) is 5.73 Å². The summed E-state index contributed by atoms with van der Waals surface area (Å²) in [5.41, 5.74) is 6.48. The Hall–Kier alpha value is -2.58. The molecule has 0 atom stereocenters. The molecule has 0 aliphatic rings. The van der Waals surface area contributed by atoms with Crippen molar-refractivity contribution in [3.8, 4) is 10.4 Å². The number of carbonyl (C=O) groups is 2. The monoisotopic (exact) mass is 361 g/mol. The van der Waals surface area contributed by atoms with Gasteiger partial charge in [0.05, 0.1) is 17.0 Å². The number of hydrogen-bond acceptors (Lipinski definition) is 5. The van der Waals surface area contributed by atoms with Crippen LogP contribution in [0.25, 0.3) is 10.4 Å². The standard InChI is InChI=1S/C16H12FN3O2S2/c17-10-3-1-9(2-4-10)12-5-6-13(24-12)15(22)20-16-19-11(8-23-16)7-14(18)21/h1-6,8H,7H2,(H2,18,21)(H,19,20,22). The van der Waals surface area contributed by atoms with E-state index in [-0.39, 0.29) is 18.1 Å². The van der Waals surface area contributed by atoms with Crippen molar-refractivity contribution in [2.75, 3.05) is 5.32 Å². The zero-order chi connectivity index (χ0) is 17.1. The fourth-order valence-corrected chi connectivity index (χ4v) is 3.62. The van der Waals surface area contributed by atoms with E-state index >= 15 is 0 Å². The van der Waals surface area contributed by atoms with Gasteiger partial charge >= 0.3 is 0 Å². The summed E-state index contributed by atoms with van der Waals surface area (Å²) in [5, 5.41) is 4.78. The number of aromatic nitrogens is 1. The third-order valence-electron chi connectivity index (χ3n) is 3.09. The third-order valence-corrected chi connectivity index (χ3v) is 5.03. The number of anilines is 1. The molecule has 24 heavy (non-hydrogen) atoms.